The zero-order chi connectivity index (χ0) is 11.7. The molecule has 0 radical (unpaired) electrons. The van der Waals surface area contributed by atoms with Crippen LogP contribution in [0.3, 0.4) is 0 Å². The molecule has 88 valence electrons. The molecule has 0 spiro atoms. The number of rotatable bonds is 1. The topological polar surface area (TPSA) is 24.9 Å². The number of fused-ring (bicyclic) bond motifs is 1. The number of aromatic nitrogens is 1. The van der Waals surface area contributed by atoms with Crippen molar-refractivity contribution in [3.8, 4) is 0 Å². The van der Waals surface area contributed by atoms with Crippen LogP contribution in [0.1, 0.15) is 36.4 Å². The highest BCUT2D eigenvalue weighted by Gasteiger charge is 2.14. The maximum Gasteiger partial charge on any atom is 0.0702 e. The van der Waals surface area contributed by atoms with Gasteiger partial charge in [0.15, 0.2) is 0 Å². The van der Waals surface area contributed by atoms with Gasteiger partial charge in [-0.3, -0.25) is 4.98 Å². The van der Waals surface area contributed by atoms with Gasteiger partial charge in [-0.2, -0.15) is 0 Å². The van der Waals surface area contributed by atoms with E-state index in [-0.39, 0.29) is 0 Å². The lowest BCUT2D eigenvalue weighted by Crippen LogP contribution is -2.26. The van der Waals surface area contributed by atoms with Crippen LogP contribution in [0.2, 0.25) is 0 Å². The van der Waals surface area contributed by atoms with Gasteiger partial charge < -0.3 is 5.32 Å². The first-order chi connectivity index (χ1) is 8.33. The number of hydrogen-bond acceptors (Lipinski definition) is 2. The van der Waals surface area contributed by atoms with E-state index in [9.17, 15) is 0 Å². The largest absolute Gasteiger partial charge is 0.310 e. The number of pyridine rings is 1. The van der Waals surface area contributed by atoms with Gasteiger partial charge in [0.1, 0.15) is 0 Å². The van der Waals surface area contributed by atoms with Crippen molar-refractivity contribution in [1.82, 2.24) is 10.3 Å². The van der Waals surface area contributed by atoms with Crippen molar-refractivity contribution in [3.63, 3.8) is 0 Å². The minimum Gasteiger partial charge on any atom is -0.310 e. The minimum absolute atomic E-state index is 0.536. The van der Waals surface area contributed by atoms with Crippen molar-refractivity contribution >= 4 is 10.9 Å². The molecule has 17 heavy (non-hydrogen) atoms. The van der Waals surface area contributed by atoms with Gasteiger partial charge in [-0.25, -0.2) is 0 Å². The lowest BCUT2D eigenvalue weighted by Gasteiger charge is -2.24. The number of nitrogens with one attached hydrogen (secondary N) is 1. The lowest BCUT2D eigenvalue weighted by molar-refractivity contribution is 0.412. The molecule has 0 aliphatic carbocycles. The van der Waals surface area contributed by atoms with Gasteiger partial charge in [-0.05, 0) is 55.6 Å². The average Bonchev–Trinajstić information content (AvgIpc) is 2.39. The monoisotopic (exact) mass is 226 g/mol. The van der Waals surface area contributed by atoms with E-state index in [4.69, 9.17) is 0 Å². The van der Waals surface area contributed by atoms with Gasteiger partial charge in [0.2, 0.25) is 0 Å². The molecule has 1 aliphatic heterocycles. The summed E-state index contributed by atoms with van der Waals surface area (Å²) in [4.78, 5) is 4.45. The van der Waals surface area contributed by atoms with Gasteiger partial charge in [0.05, 0.1) is 5.52 Å². The van der Waals surface area contributed by atoms with Crippen molar-refractivity contribution in [1.29, 1.82) is 0 Å². The van der Waals surface area contributed by atoms with E-state index in [1.807, 2.05) is 6.20 Å². The van der Waals surface area contributed by atoms with Crippen LogP contribution in [0.25, 0.3) is 10.9 Å². The first kappa shape index (κ1) is 10.7. The fourth-order valence-corrected chi connectivity index (χ4v) is 2.61. The molecule has 1 aromatic carbocycles. The number of nitrogens with zero attached hydrogens (tertiary/aromatic N) is 1. The Hall–Kier alpha value is -1.41. The molecule has 2 heterocycles. The van der Waals surface area contributed by atoms with Gasteiger partial charge in [-0.15, -0.1) is 0 Å². The van der Waals surface area contributed by atoms with E-state index in [0.717, 1.165) is 12.1 Å². The van der Waals surface area contributed by atoms with E-state index < -0.39 is 0 Å². The van der Waals surface area contributed by atoms with Crippen LogP contribution < -0.4 is 5.32 Å². The van der Waals surface area contributed by atoms with Crippen molar-refractivity contribution in [2.45, 2.75) is 32.2 Å². The van der Waals surface area contributed by atoms with Crippen molar-refractivity contribution in [2.75, 3.05) is 6.54 Å². The lowest BCUT2D eigenvalue weighted by atomic mass is 9.96. The second-order valence-corrected chi connectivity index (χ2v) is 4.97. The van der Waals surface area contributed by atoms with Crippen LogP contribution in [-0.2, 0) is 0 Å². The zero-order valence-corrected chi connectivity index (χ0v) is 10.2. The summed E-state index contributed by atoms with van der Waals surface area (Å²) < 4.78 is 0. The maximum atomic E-state index is 4.45. The third kappa shape index (κ3) is 2.18. The molecule has 0 bridgehead atoms. The molecule has 1 aliphatic rings. The normalized spacial score (nSPS) is 20.6. The van der Waals surface area contributed by atoms with Crippen molar-refractivity contribution in [3.05, 3.63) is 41.6 Å². The van der Waals surface area contributed by atoms with E-state index in [2.05, 4.69) is 41.5 Å². The molecular formula is C15H18N2. The quantitative estimate of drug-likeness (QED) is 0.806. The number of aryl methyl sites for hydroxylation is 1. The third-order valence-corrected chi connectivity index (χ3v) is 3.55. The molecule has 2 nitrogen and oxygen atoms in total. The van der Waals surface area contributed by atoms with E-state index >= 15 is 0 Å². The summed E-state index contributed by atoms with van der Waals surface area (Å²) in [5.74, 6) is 0. The maximum absolute atomic E-state index is 4.45. The fourth-order valence-electron chi connectivity index (χ4n) is 2.61. The summed E-state index contributed by atoms with van der Waals surface area (Å²) >= 11 is 0. The molecule has 1 unspecified atom stereocenters. The van der Waals surface area contributed by atoms with Gasteiger partial charge >= 0.3 is 0 Å². The Kier molecular flexibility index (Phi) is 2.81. The van der Waals surface area contributed by atoms with Crippen LogP contribution in [0, 0.1) is 6.92 Å². The Labute approximate surface area is 102 Å². The molecule has 2 heteroatoms. The zero-order valence-electron chi connectivity index (χ0n) is 10.2. The minimum atomic E-state index is 0.536. The van der Waals surface area contributed by atoms with Crippen LogP contribution in [0.15, 0.2) is 30.5 Å². The van der Waals surface area contributed by atoms with Crippen LogP contribution in [-0.4, -0.2) is 11.5 Å². The van der Waals surface area contributed by atoms with E-state index in [1.54, 1.807) is 0 Å². The predicted molar refractivity (Wildman–Crippen MR) is 71.1 cm³/mol. The standard InChI is InChI=1S/C15H18N2/c1-11-8-13-9-12(5-6-15(13)17-10-11)14-4-2-3-7-16-14/h5-6,8-10,14,16H,2-4,7H2,1H3. The first-order valence-electron chi connectivity index (χ1n) is 6.43. The summed E-state index contributed by atoms with van der Waals surface area (Å²) in [6.45, 7) is 3.24. The molecule has 1 N–H and O–H groups in total. The van der Waals surface area contributed by atoms with Crippen molar-refractivity contribution in [2.24, 2.45) is 0 Å². The van der Waals surface area contributed by atoms with Gasteiger partial charge in [0, 0.05) is 17.6 Å². The van der Waals surface area contributed by atoms with Crippen LogP contribution in [0.4, 0.5) is 0 Å². The Morgan fingerprint density at radius 3 is 3.00 bits per heavy atom. The molecule has 1 fully saturated rings. The van der Waals surface area contributed by atoms with Gasteiger partial charge in [0.25, 0.3) is 0 Å². The smallest absolute Gasteiger partial charge is 0.0702 e. The molecule has 1 aromatic heterocycles. The van der Waals surface area contributed by atoms with Gasteiger partial charge in [-0.1, -0.05) is 12.5 Å². The molecule has 3 rings (SSSR count). The number of piperidine rings is 1. The first-order valence-corrected chi connectivity index (χ1v) is 6.43. The van der Waals surface area contributed by atoms with Crippen molar-refractivity contribution < 1.29 is 0 Å². The highest BCUT2D eigenvalue weighted by Crippen LogP contribution is 2.25. The molecular weight excluding hydrogens is 208 g/mol. The fraction of sp³-hybridized carbons (Fsp3) is 0.400. The highest BCUT2D eigenvalue weighted by molar-refractivity contribution is 5.79. The number of hydrogen-bond donors (Lipinski definition) is 1. The van der Waals surface area contributed by atoms with Crippen LogP contribution in [0.5, 0.6) is 0 Å². The molecule has 1 saturated heterocycles. The molecule has 2 aromatic rings. The van der Waals surface area contributed by atoms with E-state index in [1.165, 1.54) is 35.8 Å². The Morgan fingerprint density at radius 2 is 2.18 bits per heavy atom. The molecule has 0 saturated carbocycles. The summed E-state index contributed by atoms with van der Waals surface area (Å²) in [7, 11) is 0. The number of benzene rings is 1. The van der Waals surface area contributed by atoms with E-state index in [0.29, 0.717) is 6.04 Å². The summed E-state index contributed by atoms with van der Waals surface area (Å²) in [6.07, 6.45) is 5.83. The summed E-state index contributed by atoms with van der Waals surface area (Å²) in [5, 5.41) is 4.85. The molecule has 0 amide bonds. The van der Waals surface area contributed by atoms with Crippen LogP contribution >= 0.6 is 0 Å². The molecule has 1 atom stereocenters. The third-order valence-electron chi connectivity index (χ3n) is 3.55. The average molecular weight is 226 g/mol. The summed E-state index contributed by atoms with van der Waals surface area (Å²) in [5.41, 5.74) is 3.73. The Bertz CT molecular complexity index is 527. The second-order valence-electron chi connectivity index (χ2n) is 4.97. The SMILES string of the molecule is Cc1cnc2ccc(C3CCCCN3)cc2c1. The Morgan fingerprint density at radius 1 is 1.24 bits per heavy atom. The Balaban J connectivity index is 1.99. The predicted octanol–water partition coefficient (Wildman–Crippen LogP) is 3.36. The second kappa shape index (κ2) is 4.46. The highest BCUT2D eigenvalue weighted by atomic mass is 14.9. The summed E-state index contributed by atoms with van der Waals surface area (Å²) in [6, 6.07) is 9.40.